The highest BCUT2D eigenvalue weighted by atomic mass is 19.4. The zero-order valence-electron chi connectivity index (χ0n) is 10.0. The molecule has 6 heteroatoms. The van der Waals surface area contributed by atoms with E-state index in [9.17, 15) is 22.4 Å². The van der Waals surface area contributed by atoms with Gasteiger partial charge in [0.1, 0.15) is 5.82 Å². The summed E-state index contributed by atoms with van der Waals surface area (Å²) in [4.78, 5) is 11.0. The van der Waals surface area contributed by atoms with Crippen LogP contribution in [-0.2, 0) is 6.18 Å². The maximum atomic E-state index is 13.7. The van der Waals surface area contributed by atoms with Crippen LogP contribution in [0.5, 0.6) is 0 Å². The van der Waals surface area contributed by atoms with Crippen LogP contribution in [0.25, 0.3) is 11.1 Å². The van der Waals surface area contributed by atoms with Crippen molar-refractivity contribution in [2.24, 2.45) is 5.73 Å². The lowest BCUT2D eigenvalue weighted by Crippen LogP contribution is -2.11. The topological polar surface area (TPSA) is 43.1 Å². The second kappa shape index (κ2) is 4.96. The minimum Gasteiger partial charge on any atom is -0.366 e. The number of carbonyl (C=O) groups excluding carboxylic acids is 1. The van der Waals surface area contributed by atoms with Gasteiger partial charge in [-0.05, 0) is 35.9 Å². The Morgan fingerprint density at radius 2 is 1.60 bits per heavy atom. The van der Waals surface area contributed by atoms with E-state index in [2.05, 4.69) is 0 Å². The number of primary amides is 1. The summed E-state index contributed by atoms with van der Waals surface area (Å²) in [6.07, 6.45) is -4.45. The van der Waals surface area contributed by atoms with E-state index in [0.29, 0.717) is 0 Å². The number of benzene rings is 2. The normalized spacial score (nSPS) is 11.4. The molecule has 20 heavy (non-hydrogen) atoms. The molecule has 2 nitrogen and oxygen atoms in total. The summed E-state index contributed by atoms with van der Waals surface area (Å²) in [5.41, 5.74) is 4.60. The minimum atomic E-state index is -4.45. The Hall–Kier alpha value is -2.37. The van der Waals surface area contributed by atoms with Crippen LogP contribution in [0, 0.1) is 5.82 Å². The standard InChI is InChI=1S/C14H9F4NO/c15-12-6-3-9(13(19)20)7-11(12)8-1-4-10(5-2-8)14(16,17)18/h1-7H,(H2,19,20). The van der Waals surface area contributed by atoms with Gasteiger partial charge in [0.25, 0.3) is 0 Å². The monoisotopic (exact) mass is 283 g/mol. The first kappa shape index (κ1) is 14.0. The minimum absolute atomic E-state index is 0.0232. The van der Waals surface area contributed by atoms with Gasteiger partial charge in [-0.3, -0.25) is 4.79 Å². The summed E-state index contributed by atoms with van der Waals surface area (Å²) >= 11 is 0. The average Bonchev–Trinajstić information content (AvgIpc) is 2.38. The van der Waals surface area contributed by atoms with Gasteiger partial charge >= 0.3 is 6.18 Å². The maximum absolute atomic E-state index is 13.7. The van der Waals surface area contributed by atoms with Crippen molar-refractivity contribution >= 4 is 5.91 Å². The number of nitrogens with two attached hydrogens (primary N) is 1. The third kappa shape index (κ3) is 2.79. The van der Waals surface area contributed by atoms with E-state index in [1.54, 1.807) is 0 Å². The van der Waals surface area contributed by atoms with Crippen LogP contribution < -0.4 is 5.73 Å². The Labute approximate surface area is 111 Å². The van der Waals surface area contributed by atoms with E-state index in [0.717, 1.165) is 30.3 Å². The van der Waals surface area contributed by atoms with E-state index in [1.807, 2.05) is 0 Å². The van der Waals surface area contributed by atoms with Crippen LogP contribution >= 0.6 is 0 Å². The van der Waals surface area contributed by atoms with Gasteiger partial charge in [0.05, 0.1) is 5.56 Å². The molecule has 0 aliphatic heterocycles. The molecule has 0 spiro atoms. The largest absolute Gasteiger partial charge is 0.416 e. The molecular formula is C14H9F4NO. The predicted octanol–water partition coefficient (Wildman–Crippen LogP) is 3.61. The fourth-order valence-electron chi connectivity index (χ4n) is 1.74. The molecule has 2 rings (SSSR count). The molecule has 1 amide bonds. The smallest absolute Gasteiger partial charge is 0.366 e. The lowest BCUT2D eigenvalue weighted by Gasteiger charge is -2.09. The fraction of sp³-hybridized carbons (Fsp3) is 0.0714. The van der Waals surface area contributed by atoms with Gasteiger partial charge in [0.2, 0.25) is 5.91 Å². The maximum Gasteiger partial charge on any atom is 0.416 e. The summed E-state index contributed by atoms with van der Waals surface area (Å²) in [6.45, 7) is 0. The van der Waals surface area contributed by atoms with Crippen molar-refractivity contribution in [3.05, 3.63) is 59.4 Å². The third-order valence-electron chi connectivity index (χ3n) is 2.77. The predicted molar refractivity (Wildman–Crippen MR) is 65.4 cm³/mol. The van der Waals surface area contributed by atoms with Gasteiger partial charge in [-0.1, -0.05) is 12.1 Å². The molecule has 0 saturated carbocycles. The number of carbonyl (C=O) groups is 1. The van der Waals surface area contributed by atoms with Crippen LogP contribution in [0.1, 0.15) is 15.9 Å². The zero-order valence-corrected chi connectivity index (χ0v) is 10.0. The van der Waals surface area contributed by atoms with Crippen LogP contribution in [0.3, 0.4) is 0 Å². The summed E-state index contributed by atoms with van der Waals surface area (Å²) in [7, 11) is 0. The molecule has 2 aromatic rings. The van der Waals surface area contributed by atoms with E-state index in [4.69, 9.17) is 5.73 Å². The Kier molecular flexibility index (Phi) is 3.48. The van der Waals surface area contributed by atoms with Gasteiger partial charge in [0, 0.05) is 11.1 Å². The molecule has 104 valence electrons. The molecule has 2 N–H and O–H groups in total. The van der Waals surface area contributed by atoms with Gasteiger partial charge in [-0.25, -0.2) is 4.39 Å². The Morgan fingerprint density at radius 1 is 1.00 bits per heavy atom. The van der Waals surface area contributed by atoms with Crippen molar-refractivity contribution in [1.29, 1.82) is 0 Å². The molecule has 0 radical (unpaired) electrons. The molecule has 0 unspecified atom stereocenters. The highest BCUT2D eigenvalue weighted by Crippen LogP contribution is 2.31. The number of rotatable bonds is 2. The first-order valence-corrected chi connectivity index (χ1v) is 5.56. The number of alkyl halides is 3. The molecule has 0 aliphatic rings. The molecule has 0 atom stereocenters. The molecule has 2 aromatic carbocycles. The van der Waals surface area contributed by atoms with E-state index >= 15 is 0 Å². The fourth-order valence-corrected chi connectivity index (χ4v) is 1.74. The summed E-state index contributed by atoms with van der Waals surface area (Å²) in [6, 6.07) is 7.47. The molecule has 0 fully saturated rings. The zero-order chi connectivity index (χ0) is 14.9. The molecule has 0 bridgehead atoms. The Bertz CT molecular complexity index is 647. The van der Waals surface area contributed by atoms with Crippen molar-refractivity contribution in [3.63, 3.8) is 0 Å². The van der Waals surface area contributed by atoms with Gasteiger partial charge < -0.3 is 5.73 Å². The molecule has 0 saturated heterocycles. The quantitative estimate of drug-likeness (QED) is 0.841. The number of halogens is 4. The second-order valence-electron chi connectivity index (χ2n) is 4.13. The number of hydrogen-bond acceptors (Lipinski definition) is 1. The van der Waals surface area contributed by atoms with Gasteiger partial charge in [-0.2, -0.15) is 13.2 Å². The SMILES string of the molecule is NC(=O)c1ccc(F)c(-c2ccc(C(F)(F)F)cc2)c1. The lowest BCUT2D eigenvalue weighted by atomic mass is 10.0. The molecule has 0 aromatic heterocycles. The summed E-state index contributed by atoms with van der Waals surface area (Å²) in [5, 5.41) is 0. The Morgan fingerprint density at radius 3 is 2.10 bits per heavy atom. The van der Waals surface area contributed by atoms with Crippen LogP contribution in [0.4, 0.5) is 17.6 Å². The van der Waals surface area contributed by atoms with Gasteiger partial charge in [0.15, 0.2) is 0 Å². The highest BCUT2D eigenvalue weighted by Gasteiger charge is 2.30. The lowest BCUT2D eigenvalue weighted by molar-refractivity contribution is -0.137. The Balaban J connectivity index is 2.46. The van der Waals surface area contributed by atoms with Gasteiger partial charge in [-0.15, -0.1) is 0 Å². The molecule has 0 heterocycles. The van der Waals surface area contributed by atoms with Crippen LogP contribution in [0.2, 0.25) is 0 Å². The summed E-state index contributed by atoms with van der Waals surface area (Å²) < 4.78 is 51.0. The van der Waals surface area contributed by atoms with Crippen molar-refractivity contribution in [1.82, 2.24) is 0 Å². The average molecular weight is 283 g/mol. The van der Waals surface area contributed by atoms with E-state index in [1.165, 1.54) is 12.1 Å². The van der Waals surface area contributed by atoms with Crippen molar-refractivity contribution < 1.29 is 22.4 Å². The van der Waals surface area contributed by atoms with Crippen molar-refractivity contribution in [2.45, 2.75) is 6.18 Å². The van der Waals surface area contributed by atoms with Crippen LogP contribution in [0.15, 0.2) is 42.5 Å². The molecule has 0 aliphatic carbocycles. The number of amides is 1. The highest BCUT2D eigenvalue weighted by molar-refractivity contribution is 5.94. The number of hydrogen-bond donors (Lipinski definition) is 1. The summed E-state index contributed by atoms with van der Waals surface area (Å²) in [5.74, 6) is -1.38. The first-order valence-electron chi connectivity index (χ1n) is 5.56. The second-order valence-corrected chi connectivity index (χ2v) is 4.13. The van der Waals surface area contributed by atoms with Crippen molar-refractivity contribution in [2.75, 3.05) is 0 Å². The first-order chi connectivity index (χ1) is 9.29. The van der Waals surface area contributed by atoms with Crippen LogP contribution in [-0.4, -0.2) is 5.91 Å². The molecular weight excluding hydrogens is 274 g/mol. The third-order valence-corrected chi connectivity index (χ3v) is 2.77. The van der Waals surface area contributed by atoms with E-state index < -0.39 is 23.5 Å². The van der Waals surface area contributed by atoms with E-state index in [-0.39, 0.29) is 16.7 Å². The van der Waals surface area contributed by atoms with Crippen molar-refractivity contribution in [3.8, 4) is 11.1 Å².